The van der Waals surface area contributed by atoms with Gasteiger partial charge < -0.3 is 16.4 Å². The number of carbonyl (C=O) groups excluding carboxylic acids is 2. The molecule has 0 aliphatic rings. The van der Waals surface area contributed by atoms with Gasteiger partial charge in [0.2, 0.25) is 5.91 Å². The summed E-state index contributed by atoms with van der Waals surface area (Å²) in [6, 6.07) is 0.0827. The minimum Gasteiger partial charge on any atom is -0.396 e. The zero-order chi connectivity index (χ0) is 16.0. The van der Waals surface area contributed by atoms with Gasteiger partial charge in [-0.25, -0.2) is 9.97 Å². The Morgan fingerprint density at radius 3 is 2.52 bits per heavy atom. The van der Waals surface area contributed by atoms with Gasteiger partial charge in [-0.3, -0.25) is 9.59 Å². The zero-order valence-electron chi connectivity index (χ0n) is 12.9. The number of nitrogen functional groups attached to an aromatic ring is 1. The molecular formula is C14H23N5O2. The van der Waals surface area contributed by atoms with E-state index in [1.807, 2.05) is 27.7 Å². The summed E-state index contributed by atoms with van der Waals surface area (Å²) in [5.74, 6) is 0.166. The predicted octanol–water partition coefficient (Wildman–Crippen LogP) is 0.827. The van der Waals surface area contributed by atoms with Gasteiger partial charge >= 0.3 is 0 Å². The number of nitrogens with two attached hydrogens (primary N) is 1. The molecule has 2 amide bonds. The van der Waals surface area contributed by atoms with Crippen molar-refractivity contribution in [3.8, 4) is 0 Å². The van der Waals surface area contributed by atoms with Crippen LogP contribution in [0.5, 0.6) is 0 Å². The smallest absolute Gasteiger partial charge is 0.272 e. The van der Waals surface area contributed by atoms with Gasteiger partial charge in [-0.15, -0.1) is 0 Å². The molecule has 0 unspecified atom stereocenters. The Morgan fingerprint density at radius 2 is 1.95 bits per heavy atom. The first-order chi connectivity index (χ1) is 9.81. The number of anilines is 1. The fourth-order valence-electron chi connectivity index (χ4n) is 1.63. The summed E-state index contributed by atoms with van der Waals surface area (Å²) in [7, 11) is 0. The van der Waals surface area contributed by atoms with Crippen molar-refractivity contribution in [3.05, 3.63) is 17.7 Å². The summed E-state index contributed by atoms with van der Waals surface area (Å²) in [6.45, 7) is 7.86. The lowest BCUT2D eigenvalue weighted by molar-refractivity contribution is -0.121. The van der Waals surface area contributed by atoms with Crippen LogP contribution in [0.2, 0.25) is 0 Å². The molecule has 0 aromatic carbocycles. The lowest BCUT2D eigenvalue weighted by Gasteiger charge is -2.10. The summed E-state index contributed by atoms with van der Waals surface area (Å²) < 4.78 is 0. The molecular weight excluding hydrogens is 270 g/mol. The maximum Gasteiger partial charge on any atom is 0.272 e. The van der Waals surface area contributed by atoms with Gasteiger partial charge in [-0.05, 0) is 13.8 Å². The monoisotopic (exact) mass is 293 g/mol. The third-order valence-corrected chi connectivity index (χ3v) is 2.65. The van der Waals surface area contributed by atoms with E-state index in [2.05, 4.69) is 20.6 Å². The topological polar surface area (TPSA) is 110 Å². The molecule has 0 radical (unpaired) electrons. The van der Waals surface area contributed by atoms with Crippen molar-refractivity contribution < 1.29 is 9.59 Å². The molecule has 1 rings (SSSR count). The third-order valence-electron chi connectivity index (χ3n) is 2.65. The quantitative estimate of drug-likeness (QED) is 0.719. The van der Waals surface area contributed by atoms with Crippen LogP contribution in [-0.4, -0.2) is 34.4 Å². The molecule has 0 atom stereocenters. The van der Waals surface area contributed by atoms with Crippen molar-refractivity contribution >= 4 is 17.5 Å². The molecule has 116 valence electrons. The van der Waals surface area contributed by atoms with Crippen LogP contribution < -0.4 is 16.4 Å². The highest BCUT2D eigenvalue weighted by molar-refractivity contribution is 5.97. The number of carbonyl (C=O) groups is 2. The van der Waals surface area contributed by atoms with Gasteiger partial charge in [0, 0.05) is 24.9 Å². The van der Waals surface area contributed by atoms with Crippen LogP contribution in [0.4, 0.5) is 5.69 Å². The normalized spacial score (nSPS) is 10.8. The maximum atomic E-state index is 12.0. The van der Waals surface area contributed by atoms with Gasteiger partial charge in [-0.2, -0.15) is 0 Å². The highest BCUT2D eigenvalue weighted by Gasteiger charge is 2.15. The standard InChI is InChI=1S/C14H23N5O2/c1-8(2)13-17-7-10(15)12(19-13)14(21)16-6-5-11(20)18-9(3)4/h7-9H,5-6,15H2,1-4H3,(H,16,21)(H,18,20). The molecule has 0 saturated heterocycles. The molecule has 7 nitrogen and oxygen atoms in total. The van der Waals surface area contributed by atoms with E-state index in [-0.39, 0.29) is 42.2 Å². The summed E-state index contributed by atoms with van der Waals surface area (Å²) in [5.41, 5.74) is 6.10. The van der Waals surface area contributed by atoms with E-state index in [9.17, 15) is 9.59 Å². The highest BCUT2D eigenvalue weighted by atomic mass is 16.2. The largest absolute Gasteiger partial charge is 0.396 e. The van der Waals surface area contributed by atoms with Crippen molar-refractivity contribution in [2.24, 2.45) is 0 Å². The van der Waals surface area contributed by atoms with E-state index in [4.69, 9.17) is 5.73 Å². The maximum absolute atomic E-state index is 12.0. The average Bonchev–Trinajstić information content (AvgIpc) is 2.37. The minimum absolute atomic E-state index is 0.0827. The van der Waals surface area contributed by atoms with Gasteiger partial charge in [-0.1, -0.05) is 13.8 Å². The zero-order valence-corrected chi connectivity index (χ0v) is 12.9. The van der Waals surface area contributed by atoms with Gasteiger partial charge in [0.05, 0.1) is 11.9 Å². The van der Waals surface area contributed by atoms with Crippen molar-refractivity contribution in [3.63, 3.8) is 0 Å². The van der Waals surface area contributed by atoms with Crippen molar-refractivity contribution in [2.75, 3.05) is 12.3 Å². The Hall–Kier alpha value is -2.18. The van der Waals surface area contributed by atoms with E-state index in [0.29, 0.717) is 5.82 Å². The average molecular weight is 293 g/mol. The molecule has 1 aromatic heterocycles. The Kier molecular flexibility index (Phi) is 6.08. The molecule has 7 heteroatoms. The second-order valence-electron chi connectivity index (χ2n) is 5.41. The number of nitrogens with zero attached hydrogens (tertiary/aromatic N) is 2. The van der Waals surface area contributed by atoms with Crippen molar-refractivity contribution in [2.45, 2.75) is 46.1 Å². The molecule has 0 aliphatic carbocycles. The van der Waals surface area contributed by atoms with Crippen LogP contribution in [-0.2, 0) is 4.79 Å². The van der Waals surface area contributed by atoms with E-state index < -0.39 is 5.91 Å². The lowest BCUT2D eigenvalue weighted by Crippen LogP contribution is -2.34. The molecule has 0 aliphatic heterocycles. The second-order valence-corrected chi connectivity index (χ2v) is 5.41. The van der Waals surface area contributed by atoms with Gasteiger partial charge in [0.1, 0.15) is 5.82 Å². The molecule has 0 bridgehead atoms. The summed E-state index contributed by atoms with van der Waals surface area (Å²) in [5, 5.41) is 5.39. The van der Waals surface area contributed by atoms with Crippen LogP contribution >= 0.6 is 0 Å². The van der Waals surface area contributed by atoms with Crippen LogP contribution in [0, 0.1) is 0 Å². The first-order valence-electron chi connectivity index (χ1n) is 7.01. The number of aromatic nitrogens is 2. The van der Waals surface area contributed by atoms with Crippen molar-refractivity contribution in [1.29, 1.82) is 0 Å². The van der Waals surface area contributed by atoms with Crippen LogP contribution in [0.15, 0.2) is 6.20 Å². The van der Waals surface area contributed by atoms with Crippen LogP contribution in [0.3, 0.4) is 0 Å². The fourth-order valence-corrected chi connectivity index (χ4v) is 1.63. The highest BCUT2D eigenvalue weighted by Crippen LogP contribution is 2.13. The fraction of sp³-hybridized carbons (Fsp3) is 0.571. The molecule has 21 heavy (non-hydrogen) atoms. The Labute approximate surface area is 124 Å². The number of amides is 2. The predicted molar refractivity (Wildman–Crippen MR) is 80.8 cm³/mol. The van der Waals surface area contributed by atoms with E-state index in [1.54, 1.807) is 0 Å². The first kappa shape index (κ1) is 16.9. The van der Waals surface area contributed by atoms with Crippen LogP contribution in [0.1, 0.15) is 56.3 Å². The minimum atomic E-state index is -0.394. The molecule has 0 spiro atoms. The Balaban J connectivity index is 2.60. The lowest BCUT2D eigenvalue weighted by atomic mass is 10.2. The summed E-state index contributed by atoms with van der Waals surface area (Å²) in [6.07, 6.45) is 1.65. The number of nitrogens with one attached hydrogen (secondary N) is 2. The molecule has 4 N–H and O–H groups in total. The third kappa shape index (κ3) is 5.37. The molecule has 0 saturated carbocycles. The van der Waals surface area contributed by atoms with Gasteiger partial charge in [0.15, 0.2) is 5.69 Å². The number of rotatable bonds is 6. The summed E-state index contributed by atoms with van der Waals surface area (Å²) >= 11 is 0. The molecule has 1 heterocycles. The van der Waals surface area contributed by atoms with Crippen LogP contribution in [0.25, 0.3) is 0 Å². The second kappa shape index (κ2) is 7.56. The molecule has 1 aromatic rings. The Bertz CT molecular complexity index is 514. The van der Waals surface area contributed by atoms with Crippen molar-refractivity contribution in [1.82, 2.24) is 20.6 Å². The van der Waals surface area contributed by atoms with E-state index in [1.165, 1.54) is 6.20 Å². The van der Waals surface area contributed by atoms with E-state index >= 15 is 0 Å². The SMILES string of the molecule is CC(C)NC(=O)CCNC(=O)c1nc(C(C)C)ncc1N. The summed E-state index contributed by atoms with van der Waals surface area (Å²) in [4.78, 5) is 31.8. The number of hydrogen-bond donors (Lipinski definition) is 3. The Morgan fingerprint density at radius 1 is 1.29 bits per heavy atom. The first-order valence-corrected chi connectivity index (χ1v) is 7.01. The number of hydrogen-bond acceptors (Lipinski definition) is 5. The van der Waals surface area contributed by atoms with E-state index in [0.717, 1.165) is 0 Å². The van der Waals surface area contributed by atoms with Gasteiger partial charge in [0.25, 0.3) is 5.91 Å². The molecule has 0 fully saturated rings.